The summed E-state index contributed by atoms with van der Waals surface area (Å²) in [5.74, 6) is -0.226. The summed E-state index contributed by atoms with van der Waals surface area (Å²) in [7, 11) is 0. The van der Waals surface area contributed by atoms with E-state index in [1.807, 2.05) is 4.90 Å². The highest BCUT2D eigenvalue weighted by Crippen LogP contribution is 2.22. The van der Waals surface area contributed by atoms with Crippen molar-refractivity contribution in [3.05, 3.63) is 29.6 Å². The number of rotatable bonds is 4. The van der Waals surface area contributed by atoms with Crippen molar-refractivity contribution in [1.29, 1.82) is 0 Å². The van der Waals surface area contributed by atoms with E-state index in [9.17, 15) is 9.59 Å². The Morgan fingerprint density at radius 3 is 2.73 bits per heavy atom. The molecule has 1 aromatic rings. The van der Waals surface area contributed by atoms with Gasteiger partial charge < -0.3 is 10.2 Å². The van der Waals surface area contributed by atoms with E-state index in [1.165, 1.54) is 6.42 Å². The molecule has 2 amide bonds. The second-order valence-corrected chi connectivity index (χ2v) is 6.21. The first kappa shape index (κ1) is 15.0. The first-order valence-electron chi connectivity index (χ1n) is 8.28. The zero-order chi connectivity index (χ0) is 15.5. The maximum atomic E-state index is 12.7. The average molecular weight is 301 g/mol. The lowest BCUT2D eigenvalue weighted by molar-refractivity contribution is 0.0602. The molecule has 1 saturated carbocycles. The van der Waals surface area contributed by atoms with Crippen LogP contribution in [0.1, 0.15) is 66.4 Å². The summed E-state index contributed by atoms with van der Waals surface area (Å²) in [5.41, 5.74) is 0.714. The quantitative estimate of drug-likeness (QED) is 0.928. The zero-order valence-corrected chi connectivity index (χ0v) is 13.0. The summed E-state index contributed by atoms with van der Waals surface area (Å²) in [5, 5.41) is 2.91. The molecule has 2 aliphatic rings. The van der Waals surface area contributed by atoms with E-state index >= 15 is 0 Å². The van der Waals surface area contributed by atoms with E-state index in [1.54, 1.807) is 18.2 Å². The number of nitrogens with zero attached hydrogens (tertiary/aromatic N) is 2. The summed E-state index contributed by atoms with van der Waals surface area (Å²) in [6.45, 7) is 2.90. The van der Waals surface area contributed by atoms with Crippen molar-refractivity contribution in [3.63, 3.8) is 0 Å². The Labute approximate surface area is 131 Å². The summed E-state index contributed by atoms with van der Waals surface area (Å²) in [6.07, 6.45) is 6.33. The number of aromatic nitrogens is 1. The van der Waals surface area contributed by atoms with Crippen LogP contribution in [0.15, 0.2) is 18.2 Å². The Kier molecular flexibility index (Phi) is 4.41. The van der Waals surface area contributed by atoms with Gasteiger partial charge in [-0.05, 0) is 50.7 Å². The van der Waals surface area contributed by atoms with Gasteiger partial charge in [-0.2, -0.15) is 0 Å². The van der Waals surface area contributed by atoms with E-state index in [4.69, 9.17) is 0 Å². The number of carbonyl (C=O) groups excluding carboxylic acids is 2. The minimum atomic E-state index is -0.178. The van der Waals surface area contributed by atoms with Crippen molar-refractivity contribution in [3.8, 4) is 0 Å². The van der Waals surface area contributed by atoms with E-state index in [0.717, 1.165) is 38.6 Å². The van der Waals surface area contributed by atoms with Gasteiger partial charge in [0.1, 0.15) is 11.4 Å². The van der Waals surface area contributed by atoms with Crippen LogP contribution in [0.25, 0.3) is 0 Å². The number of hydrogen-bond acceptors (Lipinski definition) is 3. The Morgan fingerprint density at radius 2 is 2.00 bits per heavy atom. The number of likely N-dealkylation sites (tertiary alicyclic amines) is 1. The third kappa shape index (κ3) is 3.29. The van der Waals surface area contributed by atoms with Gasteiger partial charge in [-0.25, -0.2) is 4.98 Å². The summed E-state index contributed by atoms with van der Waals surface area (Å²) < 4.78 is 0. The molecule has 118 valence electrons. The fourth-order valence-electron chi connectivity index (χ4n) is 3.01. The molecular formula is C17H23N3O2. The van der Waals surface area contributed by atoms with Crippen LogP contribution in [0.2, 0.25) is 0 Å². The van der Waals surface area contributed by atoms with Crippen molar-refractivity contribution in [2.24, 2.45) is 0 Å². The van der Waals surface area contributed by atoms with Crippen molar-refractivity contribution in [1.82, 2.24) is 15.2 Å². The lowest BCUT2D eigenvalue weighted by Gasteiger charge is -2.35. The van der Waals surface area contributed by atoms with Gasteiger partial charge in [-0.3, -0.25) is 9.59 Å². The molecule has 0 radical (unpaired) electrons. The van der Waals surface area contributed by atoms with E-state index in [2.05, 4.69) is 17.2 Å². The first-order valence-corrected chi connectivity index (χ1v) is 8.28. The van der Waals surface area contributed by atoms with Crippen LogP contribution in [0.4, 0.5) is 0 Å². The Bertz CT molecular complexity index is 569. The van der Waals surface area contributed by atoms with Crippen LogP contribution in [0, 0.1) is 0 Å². The molecule has 2 fully saturated rings. The number of amides is 2. The monoisotopic (exact) mass is 301 g/mol. The van der Waals surface area contributed by atoms with Gasteiger partial charge in [0.2, 0.25) is 0 Å². The molecule has 3 rings (SSSR count). The molecule has 0 spiro atoms. The lowest BCUT2D eigenvalue weighted by atomic mass is 9.99. The average Bonchev–Trinajstić information content (AvgIpc) is 3.38. The Hall–Kier alpha value is -1.91. The Balaban J connectivity index is 1.75. The normalized spacial score (nSPS) is 21.5. The molecule has 0 bridgehead atoms. The van der Waals surface area contributed by atoms with Crippen LogP contribution in [-0.2, 0) is 0 Å². The molecule has 1 aromatic heterocycles. The predicted molar refractivity (Wildman–Crippen MR) is 83.7 cm³/mol. The smallest absolute Gasteiger partial charge is 0.272 e. The van der Waals surface area contributed by atoms with E-state index < -0.39 is 0 Å². The van der Waals surface area contributed by atoms with E-state index in [-0.39, 0.29) is 11.8 Å². The molecule has 1 saturated heterocycles. The maximum absolute atomic E-state index is 12.7. The largest absolute Gasteiger partial charge is 0.348 e. The van der Waals surface area contributed by atoms with Gasteiger partial charge in [0.05, 0.1) is 0 Å². The second-order valence-electron chi connectivity index (χ2n) is 6.21. The fraction of sp³-hybridized carbons (Fsp3) is 0.588. The Morgan fingerprint density at radius 1 is 1.23 bits per heavy atom. The number of nitrogens with one attached hydrogen (secondary N) is 1. The predicted octanol–water partition coefficient (Wildman–Crippen LogP) is 2.38. The van der Waals surface area contributed by atoms with Crippen LogP contribution < -0.4 is 5.32 Å². The first-order chi connectivity index (χ1) is 10.7. The van der Waals surface area contributed by atoms with Crippen molar-refractivity contribution in [2.45, 2.75) is 57.5 Å². The molecule has 22 heavy (non-hydrogen) atoms. The van der Waals surface area contributed by atoms with Gasteiger partial charge in [0, 0.05) is 18.6 Å². The van der Waals surface area contributed by atoms with Gasteiger partial charge in [-0.15, -0.1) is 0 Å². The lowest BCUT2D eigenvalue weighted by Crippen LogP contribution is -2.43. The maximum Gasteiger partial charge on any atom is 0.272 e. The van der Waals surface area contributed by atoms with E-state index in [0.29, 0.717) is 23.5 Å². The molecule has 1 N–H and O–H groups in total. The van der Waals surface area contributed by atoms with Crippen LogP contribution in [0.5, 0.6) is 0 Å². The zero-order valence-electron chi connectivity index (χ0n) is 13.0. The summed E-state index contributed by atoms with van der Waals surface area (Å²) in [4.78, 5) is 31.0. The van der Waals surface area contributed by atoms with Crippen LogP contribution in [-0.4, -0.2) is 40.3 Å². The van der Waals surface area contributed by atoms with Crippen molar-refractivity contribution in [2.75, 3.05) is 6.54 Å². The van der Waals surface area contributed by atoms with Gasteiger partial charge in [0.15, 0.2) is 0 Å². The summed E-state index contributed by atoms with van der Waals surface area (Å²) >= 11 is 0. The minimum absolute atomic E-state index is 0.0485. The molecule has 1 unspecified atom stereocenters. The fourth-order valence-corrected chi connectivity index (χ4v) is 3.01. The molecule has 5 heteroatoms. The highest BCUT2D eigenvalue weighted by Gasteiger charge is 2.28. The standard InChI is InChI=1S/C17H23N3O2/c1-2-13-6-3-4-11-20(13)17(22)15-8-5-7-14(19-15)16(21)18-12-9-10-12/h5,7-8,12-13H,2-4,6,9-11H2,1H3,(H,18,21). The van der Waals surface area contributed by atoms with Gasteiger partial charge in [-0.1, -0.05) is 13.0 Å². The third-order valence-corrected chi connectivity index (χ3v) is 4.47. The molecule has 1 aliphatic carbocycles. The topological polar surface area (TPSA) is 62.3 Å². The molecule has 1 atom stereocenters. The van der Waals surface area contributed by atoms with Crippen LogP contribution >= 0.6 is 0 Å². The van der Waals surface area contributed by atoms with Crippen LogP contribution in [0.3, 0.4) is 0 Å². The van der Waals surface area contributed by atoms with Gasteiger partial charge in [0.25, 0.3) is 11.8 Å². The number of piperidine rings is 1. The SMILES string of the molecule is CCC1CCCCN1C(=O)c1cccc(C(=O)NC2CC2)n1. The molecule has 1 aliphatic heterocycles. The number of pyridine rings is 1. The highest BCUT2D eigenvalue weighted by molar-refractivity contribution is 5.96. The van der Waals surface area contributed by atoms with Crippen molar-refractivity contribution < 1.29 is 9.59 Å². The molecule has 5 nitrogen and oxygen atoms in total. The highest BCUT2D eigenvalue weighted by atomic mass is 16.2. The number of carbonyl (C=O) groups is 2. The number of hydrogen-bond donors (Lipinski definition) is 1. The molecule has 0 aromatic carbocycles. The summed E-state index contributed by atoms with van der Waals surface area (Å²) in [6, 6.07) is 5.71. The van der Waals surface area contributed by atoms with Gasteiger partial charge >= 0.3 is 0 Å². The minimum Gasteiger partial charge on any atom is -0.348 e. The second kappa shape index (κ2) is 6.46. The molecular weight excluding hydrogens is 278 g/mol. The van der Waals surface area contributed by atoms with Crippen molar-refractivity contribution >= 4 is 11.8 Å². The third-order valence-electron chi connectivity index (χ3n) is 4.47. The molecule has 2 heterocycles.